The van der Waals surface area contributed by atoms with Crippen LogP contribution in [0.4, 0.5) is 4.39 Å². The zero-order valence-corrected chi connectivity index (χ0v) is 19.5. The third-order valence-electron chi connectivity index (χ3n) is 6.00. The Balaban J connectivity index is 1.37. The second-order valence-electron chi connectivity index (χ2n) is 7.90. The molecule has 0 spiro atoms. The van der Waals surface area contributed by atoms with Gasteiger partial charge in [0, 0.05) is 42.2 Å². The molecule has 0 N–H and O–H groups in total. The highest BCUT2D eigenvalue weighted by molar-refractivity contribution is 7.13. The molecule has 2 aromatic heterocycles. The van der Waals surface area contributed by atoms with Gasteiger partial charge in [0.25, 0.3) is 0 Å². The van der Waals surface area contributed by atoms with Crippen LogP contribution in [0.15, 0.2) is 47.8 Å². The van der Waals surface area contributed by atoms with Gasteiger partial charge in [-0.05, 0) is 37.3 Å². The molecule has 170 valence electrons. The molecule has 1 aliphatic rings. The molecular weight excluding hydrogens is 441 g/mol. The Morgan fingerprint density at radius 1 is 1.06 bits per heavy atom. The van der Waals surface area contributed by atoms with Crippen molar-refractivity contribution in [1.29, 1.82) is 0 Å². The summed E-state index contributed by atoms with van der Waals surface area (Å²) in [5, 5.41) is 11.8. The summed E-state index contributed by atoms with van der Waals surface area (Å²) < 4.78 is 26.3. The SMILES string of the molecule is COc1ccc(CN2CCn3c(-c4csc(-c5ccc(F)cc5)n4)nnc3C2C)c(OC)c1. The van der Waals surface area contributed by atoms with Crippen molar-refractivity contribution < 1.29 is 13.9 Å². The van der Waals surface area contributed by atoms with Gasteiger partial charge in [0.05, 0.1) is 20.3 Å². The zero-order chi connectivity index (χ0) is 22.9. The molecule has 1 aliphatic heterocycles. The van der Waals surface area contributed by atoms with E-state index in [1.165, 1.54) is 23.5 Å². The van der Waals surface area contributed by atoms with Gasteiger partial charge in [0.2, 0.25) is 0 Å². The summed E-state index contributed by atoms with van der Waals surface area (Å²) in [7, 11) is 3.32. The number of hydrogen-bond acceptors (Lipinski definition) is 7. The van der Waals surface area contributed by atoms with Crippen molar-refractivity contribution in [2.45, 2.75) is 26.1 Å². The Labute approximate surface area is 195 Å². The Morgan fingerprint density at radius 3 is 2.64 bits per heavy atom. The molecule has 0 aliphatic carbocycles. The molecule has 0 fully saturated rings. The standard InChI is InChI=1S/C24H24FN5O2S/c1-15-22-27-28-23(20-14-33-24(26-20)16-4-7-18(25)8-5-16)30(22)11-10-29(15)13-17-6-9-19(31-2)12-21(17)32-3/h4-9,12,14-15H,10-11,13H2,1-3H3. The first-order valence-electron chi connectivity index (χ1n) is 10.7. The topological polar surface area (TPSA) is 65.3 Å². The lowest BCUT2D eigenvalue weighted by atomic mass is 10.1. The van der Waals surface area contributed by atoms with Crippen LogP contribution in [0.25, 0.3) is 22.1 Å². The molecule has 9 heteroatoms. The highest BCUT2D eigenvalue weighted by atomic mass is 32.1. The van der Waals surface area contributed by atoms with Crippen LogP contribution in [0.1, 0.15) is 24.4 Å². The summed E-state index contributed by atoms with van der Waals surface area (Å²) in [4.78, 5) is 7.11. The van der Waals surface area contributed by atoms with Gasteiger partial charge in [0.15, 0.2) is 11.6 Å². The van der Waals surface area contributed by atoms with Crippen molar-refractivity contribution in [3.8, 4) is 33.6 Å². The first kappa shape index (κ1) is 21.5. The largest absolute Gasteiger partial charge is 0.497 e. The molecule has 7 nitrogen and oxygen atoms in total. The van der Waals surface area contributed by atoms with E-state index >= 15 is 0 Å². The maximum Gasteiger partial charge on any atom is 0.183 e. The number of thiazole rings is 1. The van der Waals surface area contributed by atoms with E-state index in [9.17, 15) is 4.39 Å². The minimum atomic E-state index is -0.257. The lowest BCUT2D eigenvalue weighted by molar-refractivity contribution is 0.155. The molecular formula is C24H24FN5O2S. The van der Waals surface area contributed by atoms with E-state index in [0.717, 1.165) is 64.6 Å². The lowest BCUT2D eigenvalue weighted by Crippen LogP contribution is -2.36. The van der Waals surface area contributed by atoms with Crippen molar-refractivity contribution >= 4 is 11.3 Å². The van der Waals surface area contributed by atoms with Crippen LogP contribution in [0.5, 0.6) is 11.5 Å². The van der Waals surface area contributed by atoms with E-state index in [-0.39, 0.29) is 11.9 Å². The Morgan fingerprint density at radius 2 is 1.88 bits per heavy atom. The zero-order valence-electron chi connectivity index (χ0n) is 18.7. The van der Waals surface area contributed by atoms with Crippen molar-refractivity contribution in [2.24, 2.45) is 0 Å². The van der Waals surface area contributed by atoms with Crippen LogP contribution in [0.3, 0.4) is 0 Å². The molecule has 0 bridgehead atoms. The van der Waals surface area contributed by atoms with Crippen LogP contribution >= 0.6 is 11.3 Å². The third kappa shape index (κ3) is 4.09. The van der Waals surface area contributed by atoms with E-state index < -0.39 is 0 Å². The van der Waals surface area contributed by atoms with E-state index in [1.54, 1.807) is 26.4 Å². The molecule has 33 heavy (non-hydrogen) atoms. The van der Waals surface area contributed by atoms with E-state index in [1.807, 2.05) is 23.6 Å². The predicted octanol–water partition coefficient (Wildman–Crippen LogP) is 4.80. The fraction of sp³-hybridized carbons (Fsp3) is 0.292. The van der Waals surface area contributed by atoms with Crippen molar-refractivity contribution in [2.75, 3.05) is 20.8 Å². The molecule has 0 radical (unpaired) electrons. The van der Waals surface area contributed by atoms with Crippen LogP contribution in [0.2, 0.25) is 0 Å². The highest BCUT2D eigenvalue weighted by Crippen LogP contribution is 2.34. The van der Waals surface area contributed by atoms with Gasteiger partial charge >= 0.3 is 0 Å². The number of methoxy groups -OCH3 is 2. The second-order valence-corrected chi connectivity index (χ2v) is 8.76. The van der Waals surface area contributed by atoms with Crippen molar-refractivity contribution in [3.63, 3.8) is 0 Å². The molecule has 0 saturated carbocycles. The lowest BCUT2D eigenvalue weighted by Gasteiger charge is -2.33. The minimum absolute atomic E-state index is 0.0852. The number of nitrogens with zero attached hydrogens (tertiary/aromatic N) is 5. The third-order valence-corrected chi connectivity index (χ3v) is 6.90. The molecule has 5 rings (SSSR count). The Bertz CT molecular complexity index is 1270. The number of halogens is 1. The molecule has 4 aromatic rings. The fourth-order valence-electron chi connectivity index (χ4n) is 4.14. The summed E-state index contributed by atoms with van der Waals surface area (Å²) in [6, 6.07) is 12.4. The van der Waals surface area contributed by atoms with Crippen LogP contribution in [-0.4, -0.2) is 45.4 Å². The van der Waals surface area contributed by atoms with Gasteiger partial charge in [-0.25, -0.2) is 9.37 Å². The summed E-state index contributed by atoms with van der Waals surface area (Å²) in [5.41, 5.74) is 2.77. The summed E-state index contributed by atoms with van der Waals surface area (Å²) >= 11 is 1.52. The number of aromatic nitrogens is 4. The van der Waals surface area contributed by atoms with Crippen LogP contribution in [-0.2, 0) is 13.1 Å². The minimum Gasteiger partial charge on any atom is -0.497 e. The van der Waals surface area contributed by atoms with Gasteiger partial charge in [-0.3, -0.25) is 4.90 Å². The number of ether oxygens (including phenoxy) is 2. The average Bonchev–Trinajstić information content (AvgIpc) is 3.49. The Kier molecular flexibility index (Phi) is 5.82. The van der Waals surface area contributed by atoms with E-state index in [4.69, 9.17) is 14.5 Å². The highest BCUT2D eigenvalue weighted by Gasteiger charge is 2.29. The van der Waals surface area contributed by atoms with Crippen LogP contribution < -0.4 is 9.47 Å². The number of hydrogen-bond donors (Lipinski definition) is 0. The maximum absolute atomic E-state index is 13.2. The Hall–Kier alpha value is -3.30. The van der Waals surface area contributed by atoms with Gasteiger partial charge < -0.3 is 14.0 Å². The van der Waals surface area contributed by atoms with Gasteiger partial charge in [-0.2, -0.15) is 0 Å². The first-order chi connectivity index (χ1) is 16.1. The van der Waals surface area contributed by atoms with E-state index in [2.05, 4.69) is 26.6 Å². The van der Waals surface area contributed by atoms with Gasteiger partial charge in [-0.15, -0.1) is 21.5 Å². The smallest absolute Gasteiger partial charge is 0.183 e. The second kappa shape index (κ2) is 8.92. The molecule has 0 amide bonds. The maximum atomic E-state index is 13.2. The number of benzene rings is 2. The fourth-order valence-corrected chi connectivity index (χ4v) is 4.94. The predicted molar refractivity (Wildman–Crippen MR) is 125 cm³/mol. The molecule has 1 unspecified atom stereocenters. The monoisotopic (exact) mass is 465 g/mol. The number of fused-ring (bicyclic) bond motifs is 1. The molecule has 0 saturated heterocycles. The van der Waals surface area contributed by atoms with Gasteiger partial charge in [0.1, 0.15) is 28.0 Å². The molecule has 3 heterocycles. The van der Waals surface area contributed by atoms with Crippen molar-refractivity contribution in [1.82, 2.24) is 24.6 Å². The first-order valence-corrected chi connectivity index (χ1v) is 11.5. The summed E-state index contributed by atoms with van der Waals surface area (Å²) in [6.45, 7) is 4.50. The molecule has 2 aromatic carbocycles. The number of rotatable bonds is 6. The summed E-state index contributed by atoms with van der Waals surface area (Å²) in [6.07, 6.45) is 0. The van der Waals surface area contributed by atoms with E-state index in [0.29, 0.717) is 0 Å². The quantitative estimate of drug-likeness (QED) is 0.408. The van der Waals surface area contributed by atoms with Crippen LogP contribution in [0, 0.1) is 5.82 Å². The average molecular weight is 466 g/mol. The summed E-state index contributed by atoms with van der Waals surface area (Å²) in [5.74, 6) is 3.01. The van der Waals surface area contributed by atoms with Gasteiger partial charge in [-0.1, -0.05) is 6.07 Å². The van der Waals surface area contributed by atoms with Crippen molar-refractivity contribution in [3.05, 3.63) is 65.0 Å². The normalized spacial score (nSPS) is 15.9. The molecule has 1 atom stereocenters.